The first-order chi connectivity index (χ1) is 11.7. The molecule has 0 saturated heterocycles. The lowest BCUT2D eigenvalue weighted by Crippen LogP contribution is -2.07. The molecule has 6 nitrogen and oxygen atoms in total. The van der Waals surface area contributed by atoms with Gasteiger partial charge in [0.1, 0.15) is 5.82 Å². The van der Waals surface area contributed by atoms with Crippen LogP contribution in [0.2, 0.25) is 0 Å². The molecule has 0 aliphatic carbocycles. The molecule has 0 amide bonds. The van der Waals surface area contributed by atoms with E-state index in [1.165, 1.54) is 0 Å². The van der Waals surface area contributed by atoms with Gasteiger partial charge in [0, 0.05) is 29.9 Å². The molecule has 0 saturated carbocycles. The number of ether oxygens (including phenoxy) is 2. The molecule has 24 heavy (non-hydrogen) atoms. The number of nitrogens with zero attached hydrogens (tertiary/aromatic N) is 3. The maximum absolute atomic E-state index is 9.22. The Kier molecular flexibility index (Phi) is 3.28. The number of anilines is 1. The van der Waals surface area contributed by atoms with E-state index in [2.05, 4.69) is 6.07 Å². The molecule has 0 radical (unpaired) electrons. The molecule has 120 valence electrons. The maximum Gasteiger partial charge on any atom is 0.231 e. The van der Waals surface area contributed by atoms with Crippen LogP contribution in [0.3, 0.4) is 0 Å². The molecule has 1 aliphatic heterocycles. The second-order valence-electron chi connectivity index (χ2n) is 5.90. The van der Waals surface area contributed by atoms with Crippen molar-refractivity contribution < 1.29 is 9.47 Å². The predicted octanol–water partition coefficient (Wildman–Crippen LogP) is 3.17. The normalized spacial score (nSPS) is 13.8. The molecule has 0 fully saturated rings. The summed E-state index contributed by atoms with van der Waals surface area (Å²) in [5.41, 5.74) is 9.23. The first-order valence-corrected chi connectivity index (χ1v) is 7.71. The summed E-state index contributed by atoms with van der Waals surface area (Å²) in [5, 5.41) is 9.22. The summed E-state index contributed by atoms with van der Waals surface area (Å²) in [5.74, 6) is 2.03. The van der Waals surface area contributed by atoms with Crippen LogP contribution in [0.4, 0.5) is 5.69 Å². The van der Waals surface area contributed by atoms with Gasteiger partial charge in [-0.3, -0.25) is 0 Å². The fraction of sp³-hybridized carbons (Fsp3) is 0.222. The van der Waals surface area contributed by atoms with E-state index in [0.29, 0.717) is 23.7 Å². The van der Waals surface area contributed by atoms with Gasteiger partial charge in [0.2, 0.25) is 6.79 Å². The number of nitrogen functional groups attached to an aromatic ring is 1. The minimum absolute atomic E-state index is 0.146. The van der Waals surface area contributed by atoms with Crippen LogP contribution in [0, 0.1) is 17.2 Å². The van der Waals surface area contributed by atoms with Crippen LogP contribution in [-0.4, -0.2) is 16.3 Å². The monoisotopic (exact) mass is 320 g/mol. The molecule has 0 bridgehead atoms. The van der Waals surface area contributed by atoms with E-state index in [0.717, 1.165) is 22.4 Å². The van der Waals surface area contributed by atoms with Gasteiger partial charge in [-0.2, -0.15) is 5.26 Å². The number of nitriles is 1. The van der Waals surface area contributed by atoms with Crippen LogP contribution in [0.5, 0.6) is 11.5 Å². The highest BCUT2D eigenvalue weighted by atomic mass is 16.7. The van der Waals surface area contributed by atoms with Gasteiger partial charge in [0.25, 0.3) is 0 Å². The highest BCUT2D eigenvalue weighted by Gasteiger charge is 2.20. The van der Waals surface area contributed by atoms with E-state index in [1.807, 2.05) is 47.9 Å². The molecule has 2 N–H and O–H groups in total. The number of aromatic nitrogens is 2. The van der Waals surface area contributed by atoms with Gasteiger partial charge in [-0.15, -0.1) is 0 Å². The van der Waals surface area contributed by atoms with Gasteiger partial charge >= 0.3 is 0 Å². The molecule has 2 aromatic carbocycles. The summed E-state index contributed by atoms with van der Waals surface area (Å²) >= 11 is 0. The van der Waals surface area contributed by atoms with Crippen LogP contribution in [-0.2, 0) is 6.54 Å². The average Bonchev–Trinajstić information content (AvgIpc) is 3.17. The van der Waals surface area contributed by atoms with Gasteiger partial charge in [0.15, 0.2) is 11.5 Å². The third-order valence-corrected chi connectivity index (χ3v) is 4.06. The predicted molar refractivity (Wildman–Crippen MR) is 90.5 cm³/mol. The first kappa shape index (κ1) is 14.4. The van der Waals surface area contributed by atoms with E-state index < -0.39 is 0 Å². The van der Waals surface area contributed by atoms with Crippen molar-refractivity contribution in [2.24, 2.45) is 5.92 Å². The lowest BCUT2D eigenvalue weighted by Gasteiger charge is -2.11. The molecule has 4 rings (SSSR count). The Hall–Kier alpha value is -3.20. The van der Waals surface area contributed by atoms with E-state index in [4.69, 9.17) is 20.2 Å². The summed E-state index contributed by atoms with van der Waals surface area (Å²) in [6.45, 7) is 2.65. The van der Waals surface area contributed by atoms with Crippen LogP contribution in [0.1, 0.15) is 6.92 Å². The summed E-state index contributed by atoms with van der Waals surface area (Å²) in [6, 6.07) is 13.7. The number of benzene rings is 2. The smallest absolute Gasteiger partial charge is 0.231 e. The number of imidazole rings is 1. The number of hydrogen-bond acceptors (Lipinski definition) is 5. The molecular weight excluding hydrogens is 304 g/mol. The van der Waals surface area contributed by atoms with E-state index in [9.17, 15) is 5.26 Å². The lowest BCUT2D eigenvalue weighted by atomic mass is 10.1. The van der Waals surface area contributed by atoms with Crippen molar-refractivity contribution in [3.8, 4) is 29.0 Å². The average molecular weight is 320 g/mol. The molecule has 0 spiro atoms. The summed E-state index contributed by atoms with van der Waals surface area (Å²) in [6.07, 6.45) is 0. The van der Waals surface area contributed by atoms with Crippen molar-refractivity contribution in [1.82, 2.24) is 9.55 Å². The van der Waals surface area contributed by atoms with Crippen molar-refractivity contribution in [3.63, 3.8) is 0 Å². The van der Waals surface area contributed by atoms with E-state index in [-0.39, 0.29) is 12.7 Å². The zero-order chi connectivity index (χ0) is 16.7. The minimum Gasteiger partial charge on any atom is -0.454 e. The first-order valence-electron chi connectivity index (χ1n) is 7.71. The molecule has 2 heterocycles. The van der Waals surface area contributed by atoms with Gasteiger partial charge < -0.3 is 19.8 Å². The third-order valence-electron chi connectivity index (χ3n) is 4.06. The van der Waals surface area contributed by atoms with Crippen LogP contribution < -0.4 is 15.2 Å². The van der Waals surface area contributed by atoms with Crippen LogP contribution in [0.15, 0.2) is 36.4 Å². The Bertz CT molecular complexity index is 971. The van der Waals surface area contributed by atoms with Crippen molar-refractivity contribution in [2.45, 2.75) is 13.5 Å². The van der Waals surface area contributed by atoms with Crippen LogP contribution >= 0.6 is 0 Å². The Balaban J connectivity index is 1.95. The Morgan fingerprint density at radius 2 is 2.08 bits per heavy atom. The molecule has 3 aromatic rings. The number of nitrogens with two attached hydrogens (primary N) is 1. The number of hydrogen-bond donors (Lipinski definition) is 1. The van der Waals surface area contributed by atoms with Crippen molar-refractivity contribution in [1.29, 1.82) is 5.26 Å². The topological polar surface area (TPSA) is 86.1 Å². The molecule has 1 atom stereocenters. The van der Waals surface area contributed by atoms with Gasteiger partial charge in [0.05, 0.1) is 23.0 Å². The third kappa shape index (κ3) is 2.31. The zero-order valence-corrected chi connectivity index (χ0v) is 13.2. The largest absolute Gasteiger partial charge is 0.454 e. The molecule has 1 aromatic heterocycles. The summed E-state index contributed by atoms with van der Waals surface area (Å²) < 4.78 is 13.0. The standard InChI is InChI=1S/C18H16N4O2/c1-11(8-19)9-22-15-7-17-16(23-10-24-17)6-14(15)21-18(22)12-3-2-4-13(20)5-12/h2-7,11H,9-10,20H2,1H3. The molecule has 6 heteroatoms. The lowest BCUT2D eigenvalue weighted by molar-refractivity contribution is 0.174. The van der Waals surface area contributed by atoms with E-state index in [1.54, 1.807) is 0 Å². The summed E-state index contributed by atoms with van der Waals surface area (Å²) in [4.78, 5) is 4.75. The highest BCUT2D eigenvalue weighted by Crippen LogP contribution is 2.38. The van der Waals surface area contributed by atoms with Crippen molar-refractivity contribution >= 4 is 16.7 Å². The SMILES string of the molecule is CC(C#N)Cn1c(-c2cccc(N)c2)nc2cc3c(cc21)OCO3. The van der Waals surface area contributed by atoms with E-state index >= 15 is 0 Å². The summed E-state index contributed by atoms with van der Waals surface area (Å²) in [7, 11) is 0. The zero-order valence-electron chi connectivity index (χ0n) is 13.2. The Labute approximate surface area is 139 Å². The van der Waals surface area contributed by atoms with Gasteiger partial charge in [-0.1, -0.05) is 12.1 Å². The van der Waals surface area contributed by atoms with Crippen molar-refractivity contribution in [2.75, 3.05) is 12.5 Å². The fourth-order valence-electron chi connectivity index (χ4n) is 2.91. The fourth-order valence-corrected chi connectivity index (χ4v) is 2.91. The van der Waals surface area contributed by atoms with Crippen LogP contribution in [0.25, 0.3) is 22.4 Å². The molecular formula is C18H16N4O2. The Morgan fingerprint density at radius 1 is 1.29 bits per heavy atom. The minimum atomic E-state index is -0.146. The van der Waals surface area contributed by atoms with Crippen molar-refractivity contribution in [3.05, 3.63) is 36.4 Å². The number of fused-ring (bicyclic) bond motifs is 2. The highest BCUT2D eigenvalue weighted by molar-refractivity contribution is 5.84. The molecule has 1 unspecified atom stereocenters. The second-order valence-corrected chi connectivity index (χ2v) is 5.90. The quantitative estimate of drug-likeness (QED) is 0.749. The van der Waals surface area contributed by atoms with Gasteiger partial charge in [-0.25, -0.2) is 4.98 Å². The maximum atomic E-state index is 9.22. The number of rotatable bonds is 3. The Morgan fingerprint density at radius 3 is 2.83 bits per heavy atom. The van der Waals surface area contributed by atoms with Gasteiger partial charge in [-0.05, 0) is 19.1 Å². The molecule has 1 aliphatic rings. The second kappa shape index (κ2) is 5.46.